The van der Waals surface area contributed by atoms with Crippen LogP contribution >= 0.6 is 0 Å². The largest absolute Gasteiger partial charge is 0.497 e. The number of methoxy groups -OCH3 is 2. The van der Waals surface area contributed by atoms with Gasteiger partial charge in [-0.1, -0.05) is 30.3 Å². The van der Waals surface area contributed by atoms with Crippen molar-refractivity contribution in [3.63, 3.8) is 0 Å². The second-order valence-electron chi connectivity index (χ2n) is 5.34. The summed E-state index contributed by atoms with van der Waals surface area (Å²) in [6.45, 7) is 2.00. The second-order valence-corrected chi connectivity index (χ2v) is 5.34. The van der Waals surface area contributed by atoms with Gasteiger partial charge in [0.15, 0.2) is 5.69 Å². The predicted octanol–water partition coefficient (Wildman–Crippen LogP) is 3.64. The van der Waals surface area contributed by atoms with Gasteiger partial charge in [-0.2, -0.15) is 5.10 Å². The third-order valence-corrected chi connectivity index (χ3v) is 3.81. The Morgan fingerprint density at radius 1 is 1.04 bits per heavy atom. The highest BCUT2D eigenvalue weighted by Gasteiger charge is 2.18. The molecule has 5 nitrogen and oxygen atoms in total. The molecule has 5 heteroatoms. The van der Waals surface area contributed by atoms with E-state index in [9.17, 15) is 4.79 Å². The van der Waals surface area contributed by atoms with Gasteiger partial charge < -0.3 is 9.47 Å². The first-order valence-corrected chi connectivity index (χ1v) is 7.53. The van der Waals surface area contributed by atoms with Gasteiger partial charge in [0, 0.05) is 5.56 Å². The lowest BCUT2D eigenvalue weighted by molar-refractivity contribution is 0.0593. The average Bonchev–Trinajstić information content (AvgIpc) is 3.06. The summed E-state index contributed by atoms with van der Waals surface area (Å²) in [5.74, 6) is 0.274. The number of aryl methyl sites for hydroxylation is 1. The molecule has 0 unspecified atom stereocenters. The van der Waals surface area contributed by atoms with Gasteiger partial charge in [-0.25, -0.2) is 9.48 Å². The number of benzene rings is 2. The van der Waals surface area contributed by atoms with Crippen LogP contribution < -0.4 is 4.74 Å². The lowest BCUT2D eigenvalue weighted by Gasteiger charge is -2.11. The topological polar surface area (TPSA) is 53.4 Å². The van der Waals surface area contributed by atoms with Gasteiger partial charge in [0.2, 0.25) is 0 Å². The molecule has 1 heterocycles. The van der Waals surface area contributed by atoms with Crippen LogP contribution in [0.1, 0.15) is 16.1 Å². The molecule has 0 bridgehead atoms. The van der Waals surface area contributed by atoms with Crippen molar-refractivity contribution >= 4 is 5.97 Å². The molecule has 0 spiro atoms. The highest BCUT2D eigenvalue weighted by Crippen LogP contribution is 2.28. The molecule has 0 aliphatic rings. The van der Waals surface area contributed by atoms with Gasteiger partial charge in [-0.05, 0) is 36.8 Å². The van der Waals surface area contributed by atoms with E-state index in [1.54, 1.807) is 17.9 Å². The molecule has 24 heavy (non-hydrogen) atoms. The molecular weight excluding hydrogens is 304 g/mol. The zero-order valence-electron chi connectivity index (χ0n) is 13.8. The summed E-state index contributed by atoms with van der Waals surface area (Å²) in [4.78, 5) is 11.9. The summed E-state index contributed by atoms with van der Waals surface area (Å²) >= 11 is 0. The summed E-state index contributed by atoms with van der Waals surface area (Å²) in [6, 6.07) is 17.2. The molecule has 0 fully saturated rings. The molecule has 0 saturated carbocycles. The van der Waals surface area contributed by atoms with Gasteiger partial charge in [-0.15, -0.1) is 0 Å². The molecule has 2 aromatic carbocycles. The maximum atomic E-state index is 11.9. The van der Waals surface area contributed by atoms with Gasteiger partial charge in [-0.3, -0.25) is 0 Å². The number of carbonyl (C=O) groups excluding carboxylic acids is 1. The fourth-order valence-corrected chi connectivity index (χ4v) is 2.56. The number of hydrogen-bond donors (Lipinski definition) is 0. The Morgan fingerprint density at radius 3 is 2.54 bits per heavy atom. The maximum absolute atomic E-state index is 11.9. The normalized spacial score (nSPS) is 10.5. The van der Waals surface area contributed by atoms with Crippen molar-refractivity contribution in [1.29, 1.82) is 0 Å². The maximum Gasteiger partial charge on any atom is 0.358 e. The minimum absolute atomic E-state index is 0.263. The van der Waals surface area contributed by atoms with Crippen LogP contribution in [0.15, 0.2) is 54.6 Å². The van der Waals surface area contributed by atoms with Crippen molar-refractivity contribution < 1.29 is 14.3 Å². The Labute approximate surface area is 140 Å². The first-order valence-electron chi connectivity index (χ1n) is 7.53. The van der Waals surface area contributed by atoms with E-state index in [1.807, 2.05) is 55.5 Å². The van der Waals surface area contributed by atoms with Crippen molar-refractivity contribution in [1.82, 2.24) is 9.78 Å². The van der Waals surface area contributed by atoms with E-state index >= 15 is 0 Å². The molecular formula is C19H18N2O3. The number of aromatic nitrogens is 2. The van der Waals surface area contributed by atoms with Crippen molar-refractivity contribution in [2.24, 2.45) is 0 Å². The van der Waals surface area contributed by atoms with Crippen LogP contribution in [-0.2, 0) is 4.74 Å². The number of carbonyl (C=O) groups is 1. The number of hydrogen-bond acceptors (Lipinski definition) is 4. The van der Waals surface area contributed by atoms with E-state index in [-0.39, 0.29) is 5.69 Å². The second kappa shape index (κ2) is 6.58. The third-order valence-electron chi connectivity index (χ3n) is 3.81. The Kier molecular flexibility index (Phi) is 4.33. The molecule has 0 aliphatic heterocycles. The SMILES string of the molecule is COC(=O)c1cc(-c2cccc(OC)c2)n(-c2ccccc2C)n1. The molecule has 0 atom stereocenters. The highest BCUT2D eigenvalue weighted by molar-refractivity contribution is 5.89. The van der Waals surface area contributed by atoms with Crippen molar-refractivity contribution in [2.45, 2.75) is 6.92 Å². The third kappa shape index (κ3) is 2.88. The number of rotatable bonds is 4. The van der Waals surface area contributed by atoms with Crippen LogP contribution in [0, 0.1) is 6.92 Å². The Hall–Kier alpha value is -3.08. The number of para-hydroxylation sites is 1. The Morgan fingerprint density at radius 2 is 1.83 bits per heavy atom. The van der Waals surface area contributed by atoms with E-state index in [0.717, 1.165) is 28.3 Å². The number of esters is 1. The zero-order valence-corrected chi connectivity index (χ0v) is 13.8. The molecule has 122 valence electrons. The fraction of sp³-hybridized carbons (Fsp3) is 0.158. The fourth-order valence-electron chi connectivity index (χ4n) is 2.56. The van der Waals surface area contributed by atoms with E-state index in [2.05, 4.69) is 5.10 Å². The van der Waals surface area contributed by atoms with E-state index < -0.39 is 5.97 Å². The van der Waals surface area contributed by atoms with E-state index in [1.165, 1.54) is 7.11 Å². The Bertz CT molecular complexity index is 884. The van der Waals surface area contributed by atoms with Crippen molar-refractivity contribution in [2.75, 3.05) is 14.2 Å². The van der Waals surface area contributed by atoms with Crippen LogP contribution in [-0.4, -0.2) is 30.0 Å². The van der Waals surface area contributed by atoms with Crippen LogP contribution in [0.25, 0.3) is 16.9 Å². The van der Waals surface area contributed by atoms with Crippen molar-refractivity contribution in [3.8, 4) is 22.7 Å². The molecule has 0 amide bonds. The average molecular weight is 322 g/mol. The molecule has 0 N–H and O–H groups in total. The summed E-state index contributed by atoms with van der Waals surface area (Å²) in [6.07, 6.45) is 0. The van der Waals surface area contributed by atoms with Gasteiger partial charge in [0.05, 0.1) is 25.6 Å². The van der Waals surface area contributed by atoms with Gasteiger partial charge in [0.1, 0.15) is 5.75 Å². The van der Waals surface area contributed by atoms with E-state index in [4.69, 9.17) is 9.47 Å². The zero-order chi connectivity index (χ0) is 17.1. The molecule has 0 aliphatic carbocycles. The molecule has 0 radical (unpaired) electrons. The highest BCUT2D eigenvalue weighted by atomic mass is 16.5. The van der Waals surface area contributed by atoms with Crippen molar-refractivity contribution in [3.05, 3.63) is 65.9 Å². The van der Waals surface area contributed by atoms with Gasteiger partial charge >= 0.3 is 5.97 Å². The minimum atomic E-state index is -0.466. The molecule has 0 saturated heterocycles. The molecule has 3 aromatic rings. The monoisotopic (exact) mass is 322 g/mol. The number of nitrogens with zero attached hydrogens (tertiary/aromatic N) is 2. The molecule has 3 rings (SSSR count). The summed E-state index contributed by atoms with van der Waals surface area (Å²) in [7, 11) is 2.97. The summed E-state index contributed by atoms with van der Waals surface area (Å²) < 4.78 is 11.9. The van der Waals surface area contributed by atoms with Gasteiger partial charge in [0.25, 0.3) is 0 Å². The standard InChI is InChI=1S/C19H18N2O3/c1-13-7-4-5-10-17(13)21-18(12-16(20-21)19(22)24-3)14-8-6-9-15(11-14)23-2/h4-12H,1-3H3. The predicted molar refractivity (Wildman–Crippen MR) is 91.6 cm³/mol. The molecule has 1 aromatic heterocycles. The first kappa shape index (κ1) is 15.8. The van der Waals surface area contributed by atoms with Crippen LogP contribution in [0.4, 0.5) is 0 Å². The van der Waals surface area contributed by atoms with Crippen LogP contribution in [0.3, 0.4) is 0 Å². The quantitative estimate of drug-likeness (QED) is 0.688. The van der Waals surface area contributed by atoms with E-state index in [0.29, 0.717) is 0 Å². The lowest BCUT2D eigenvalue weighted by Crippen LogP contribution is -2.05. The Balaban J connectivity index is 2.22. The minimum Gasteiger partial charge on any atom is -0.497 e. The number of ether oxygens (including phenoxy) is 2. The summed E-state index contributed by atoms with van der Waals surface area (Å²) in [5, 5.41) is 4.45. The lowest BCUT2D eigenvalue weighted by atomic mass is 10.1. The van der Waals surface area contributed by atoms with Crippen LogP contribution in [0.5, 0.6) is 5.75 Å². The van der Waals surface area contributed by atoms with Crippen LogP contribution in [0.2, 0.25) is 0 Å². The smallest absolute Gasteiger partial charge is 0.358 e. The summed E-state index contributed by atoms with van der Waals surface area (Å²) in [5.41, 5.74) is 3.93. The first-order chi connectivity index (χ1) is 11.6.